The lowest BCUT2D eigenvalue weighted by Gasteiger charge is -2.20. The predicted molar refractivity (Wildman–Crippen MR) is 67.4 cm³/mol. The van der Waals surface area contributed by atoms with Crippen molar-refractivity contribution in [1.82, 2.24) is 5.32 Å². The Bertz CT molecular complexity index is 494. The van der Waals surface area contributed by atoms with Crippen LogP contribution in [-0.4, -0.2) is 39.3 Å². The second kappa shape index (κ2) is 5.52. The molecule has 6 heteroatoms. The van der Waals surface area contributed by atoms with Gasteiger partial charge in [0.25, 0.3) is 0 Å². The van der Waals surface area contributed by atoms with Crippen LogP contribution in [0.2, 0.25) is 0 Å². The first-order chi connectivity index (χ1) is 9.08. The molecule has 0 spiro atoms. The van der Waals surface area contributed by atoms with Gasteiger partial charge in [0.15, 0.2) is 11.6 Å². The topological polar surface area (TPSA) is 41.6 Å². The summed E-state index contributed by atoms with van der Waals surface area (Å²) in [6.45, 7) is 1.27. The molecule has 1 aromatic rings. The molecule has 2 rings (SSSR count). The molecule has 1 aliphatic rings. The van der Waals surface area contributed by atoms with E-state index in [1.54, 1.807) is 4.90 Å². The molecule has 19 heavy (non-hydrogen) atoms. The van der Waals surface area contributed by atoms with E-state index in [0.29, 0.717) is 13.1 Å². The van der Waals surface area contributed by atoms with Gasteiger partial charge in [0.1, 0.15) is 0 Å². The number of likely N-dealkylation sites (N-methyl/N-ethyl adjacent to an activating group) is 1. The number of hydrogen-bond acceptors (Lipinski definition) is 4. The largest absolute Gasteiger partial charge is 0.465 e. The molecule has 1 heterocycles. The number of carbonyl (C=O) groups is 1. The molecule has 0 amide bonds. The molecule has 1 N–H and O–H groups in total. The number of anilines is 1. The molecule has 0 radical (unpaired) electrons. The Labute approximate surface area is 110 Å². The van der Waals surface area contributed by atoms with Crippen LogP contribution in [0.5, 0.6) is 0 Å². The smallest absolute Gasteiger partial charge is 0.340 e. The summed E-state index contributed by atoms with van der Waals surface area (Å²) in [5.41, 5.74) is -0.198. The first-order valence-corrected chi connectivity index (χ1v) is 6.07. The lowest BCUT2D eigenvalue weighted by Crippen LogP contribution is -2.30. The maximum absolute atomic E-state index is 14.0. The Kier molecular flexibility index (Phi) is 3.99. The van der Waals surface area contributed by atoms with Crippen molar-refractivity contribution in [2.45, 2.75) is 12.5 Å². The van der Waals surface area contributed by atoms with Crippen molar-refractivity contribution < 1.29 is 18.3 Å². The molecule has 104 valence electrons. The molecule has 1 fully saturated rings. The standard InChI is InChI=1S/C13H16F2N2O2/c1-16-8-5-6-17(7-8)10-4-3-9(13(18)19-2)11(14)12(10)15/h3-4,8,16H,5-7H2,1-2H3. The lowest BCUT2D eigenvalue weighted by atomic mass is 10.1. The second-order valence-corrected chi connectivity index (χ2v) is 4.47. The number of nitrogens with one attached hydrogen (secondary N) is 1. The van der Waals surface area contributed by atoms with Crippen molar-refractivity contribution >= 4 is 11.7 Å². The number of ether oxygens (including phenoxy) is 1. The van der Waals surface area contributed by atoms with Crippen molar-refractivity contribution in [2.24, 2.45) is 0 Å². The van der Waals surface area contributed by atoms with E-state index in [1.807, 2.05) is 7.05 Å². The van der Waals surface area contributed by atoms with Crippen molar-refractivity contribution in [2.75, 3.05) is 32.1 Å². The van der Waals surface area contributed by atoms with E-state index in [0.717, 1.165) is 13.5 Å². The number of methoxy groups -OCH3 is 1. The first-order valence-electron chi connectivity index (χ1n) is 6.07. The summed E-state index contributed by atoms with van der Waals surface area (Å²) < 4.78 is 32.2. The van der Waals surface area contributed by atoms with E-state index in [4.69, 9.17) is 0 Å². The molecular weight excluding hydrogens is 254 g/mol. The van der Waals surface area contributed by atoms with Gasteiger partial charge in [-0.15, -0.1) is 0 Å². The number of esters is 1. The molecule has 4 nitrogen and oxygen atoms in total. The Morgan fingerprint density at radius 3 is 2.74 bits per heavy atom. The van der Waals surface area contributed by atoms with Crippen molar-refractivity contribution in [3.05, 3.63) is 29.3 Å². The molecule has 1 unspecified atom stereocenters. The van der Waals surface area contributed by atoms with Crippen LogP contribution in [0.3, 0.4) is 0 Å². The van der Waals surface area contributed by atoms with Crippen LogP contribution in [0.1, 0.15) is 16.8 Å². The van der Waals surface area contributed by atoms with Gasteiger partial charge < -0.3 is 15.0 Å². The summed E-state index contributed by atoms with van der Waals surface area (Å²) >= 11 is 0. The molecule has 0 aromatic heterocycles. The van der Waals surface area contributed by atoms with Gasteiger partial charge in [-0.1, -0.05) is 0 Å². The Morgan fingerprint density at radius 1 is 1.42 bits per heavy atom. The quantitative estimate of drug-likeness (QED) is 0.846. The number of nitrogens with zero attached hydrogens (tertiary/aromatic N) is 1. The highest BCUT2D eigenvalue weighted by Gasteiger charge is 2.26. The third-order valence-electron chi connectivity index (χ3n) is 3.40. The van der Waals surface area contributed by atoms with Gasteiger partial charge in [-0.3, -0.25) is 0 Å². The van der Waals surface area contributed by atoms with Crippen LogP contribution in [0.15, 0.2) is 12.1 Å². The first kappa shape index (κ1) is 13.7. The summed E-state index contributed by atoms with van der Waals surface area (Å²) in [6.07, 6.45) is 0.871. The number of benzene rings is 1. The minimum Gasteiger partial charge on any atom is -0.465 e. The van der Waals surface area contributed by atoms with E-state index in [-0.39, 0.29) is 17.3 Å². The minimum atomic E-state index is -1.16. The van der Waals surface area contributed by atoms with Crippen LogP contribution in [0.25, 0.3) is 0 Å². The zero-order valence-electron chi connectivity index (χ0n) is 10.9. The van der Waals surface area contributed by atoms with Crippen LogP contribution in [-0.2, 0) is 4.74 Å². The van der Waals surface area contributed by atoms with Crippen LogP contribution >= 0.6 is 0 Å². The summed E-state index contributed by atoms with van der Waals surface area (Å²) in [5.74, 6) is -3.03. The Morgan fingerprint density at radius 2 is 2.16 bits per heavy atom. The normalized spacial score (nSPS) is 18.7. The maximum atomic E-state index is 14.0. The molecule has 0 aliphatic carbocycles. The fourth-order valence-corrected chi connectivity index (χ4v) is 2.27. The summed E-state index contributed by atoms with van der Waals surface area (Å²) in [5, 5.41) is 3.10. The predicted octanol–water partition coefficient (Wildman–Crippen LogP) is 1.55. The monoisotopic (exact) mass is 270 g/mol. The molecule has 1 aromatic carbocycles. The third-order valence-corrected chi connectivity index (χ3v) is 3.40. The summed E-state index contributed by atoms with van der Waals surface area (Å²) in [7, 11) is 2.97. The zero-order chi connectivity index (χ0) is 14.0. The van der Waals surface area contributed by atoms with Gasteiger partial charge in [0.05, 0.1) is 18.4 Å². The highest BCUT2D eigenvalue weighted by Crippen LogP contribution is 2.27. The molecule has 1 atom stereocenters. The molecule has 0 bridgehead atoms. The summed E-state index contributed by atoms with van der Waals surface area (Å²) in [4.78, 5) is 13.0. The van der Waals surface area contributed by atoms with Gasteiger partial charge in [-0.2, -0.15) is 0 Å². The zero-order valence-corrected chi connectivity index (χ0v) is 10.9. The average molecular weight is 270 g/mol. The fraction of sp³-hybridized carbons (Fsp3) is 0.462. The summed E-state index contributed by atoms with van der Waals surface area (Å²) in [6, 6.07) is 2.94. The van der Waals surface area contributed by atoms with Crippen LogP contribution in [0, 0.1) is 11.6 Å². The number of rotatable bonds is 3. The minimum absolute atomic E-state index is 0.183. The van der Waals surface area contributed by atoms with Gasteiger partial charge in [0, 0.05) is 19.1 Å². The second-order valence-electron chi connectivity index (χ2n) is 4.47. The molecule has 1 saturated heterocycles. The van der Waals surface area contributed by atoms with E-state index < -0.39 is 17.6 Å². The van der Waals surface area contributed by atoms with Crippen molar-refractivity contribution in [3.8, 4) is 0 Å². The van der Waals surface area contributed by atoms with E-state index in [9.17, 15) is 13.6 Å². The Hall–Kier alpha value is -1.69. The number of hydrogen-bond donors (Lipinski definition) is 1. The third kappa shape index (κ3) is 2.53. The van der Waals surface area contributed by atoms with E-state index >= 15 is 0 Å². The van der Waals surface area contributed by atoms with E-state index in [2.05, 4.69) is 10.1 Å². The van der Waals surface area contributed by atoms with Gasteiger partial charge in [-0.25, -0.2) is 13.6 Å². The van der Waals surface area contributed by atoms with Crippen LogP contribution < -0.4 is 10.2 Å². The molecular formula is C13H16F2N2O2. The van der Waals surface area contributed by atoms with Gasteiger partial charge in [-0.05, 0) is 25.6 Å². The van der Waals surface area contributed by atoms with Gasteiger partial charge in [0.2, 0.25) is 0 Å². The van der Waals surface area contributed by atoms with Crippen molar-refractivity contribution in [1.29, 1.82) is 0 Å². The molecule has 0 saturated carbocycles. The maximum Gasteiger partial charge on any atom is 0.340 e. The fourth-order valence-electron chi connectivity index (χ4n) is 2.27. The SMILES string of the molecule is CNC1CCN(c2ccc(C(=O)OC)c(F)c2F)C1. The van der Waals surface area contributed by atoms with E-state index in [1.165, 1.54) is 12.1 Å². The molecule has 1 aliphatic heterocycles. The van der Waals surface area contributed by atoms with Crippen molar-refractivity contribution in [3.63, 3.8) is 0 Å². The van der Waals surface area contributed by atoms with Crippen LogP contribution in [0.4, 0.5) is 14.5 Å². The highest BCUT2D eigenvalue weighted by atomic mass is 19.2. The number of halogens is 2. The van der Waals surface area contributed by atoms with Gasteiger partial charge >= 0.3 is 5.97 Å². The lowest BCUT2D eigenvalue weighted by molar-refractivity contribution is 0.0594. The average Bonchev–Trinajstić information content (AvgIpc) is 2.89. The Balaban J connectivity index is 2.29. The highest BCUT2D eigenvalue weighted by molar-refractivity contribution is 5.90. The number of carbonyl (C=O) groups excluding carboxylic acids is 1.